The van der Waals surface area contributed by atoms with Crippen LogP contribution >= 0.6 is 0 Å². The number of aliphatic hydroxyl groups is 2. The van der Waals surface area contributed by atoms with E-state index >= 15 is 0 Å². The highest BCUT2D eigenvalue weighted by Crippen LogP contribution is 2.26. The van der Waals surface area contributed by atoms with Gasteiger partial charge in [-0.3, -0.25) is 14.4 Å². The molecule has 470 valence electrons. The van der Waals surface area contributed by atoms with E-state index in [4.69, 9.17) is 23.7 Å². The number of carbonyl (C=O) groups excluding carboxylic acids is 3. The van der Waals surface area contributed by atoms with Crippen molar-refractivity contribution in [3.8, 4) is 0 Å². The standard InChI is InChI=1S/C71H114O12/c1-4-7-10-13-16-19-22-25-28-30-32-34-37-39-42-45-48-51-54-57-63(72)79-60-62(81-64(73)58-55-52-49-46-43-40-36-27-24-21-18-15-12-9-6-3)61-80-71-69(67(76)66(75)68(83-71)70(77)78)82-65(74)59-56-53-50-47-44-41-38-35-33-31-29-26-23-20-17-14-11-8-5-2/h8-9,11-12,16-21,25-29,32-36,62,66-69,71,75-76H,4-7,10,13-15,22-24,30-31,37-61H2,1-3H3,(H,77,78)/b11-8-,12-9-,19-16-,20-17-,21-18-,28-25-,29-26-,34-32-,35-33-,36-27-. The molecule has 0 aromatic rings. The van der Waals surface area contributed by atoms with Crippen molar-refractivity contribution in [2.24, 2.45) is 0 Å². The largest absolute Gasteiger partial charge is 0.479 e. The number of allylic oxidation sites excluding steroid dienone is 20. The number of rotatable bonds is 54. The van der Waals surface area contributed by atoms with Crippen LogP contribution in [0.1, 0.15) is 252 Å². The maximum Gasteiger partial charge on any atom is 0.335 e. The number of carboxylic acid groups (broad SMARTS) is 1. The van der Waals surface area contributed by atoms with E-state index < -0.39 is 67.3 Å². The van der Waals surface area contributed by atoms with Gasteiger partial charge in [-0.25, -0.2) is 4.79 Å². The van der Waals surface area contributed by atoms with E-state index in [1.807, 2.05) is 0 Å². The lowest BCUT2D eigenvalue weighted by molar-refractivity contribution is -0.301. The van der Waals surface area contributed by atoms with E-state index in [-0.39, 0.29) is 25.9 Å². The summed E-state index contributed by atoms with van der Waals surface area (Å²) in [5.41, 5.74) is 0. The first-order chi connectivity index (χ1) is 40.6. The molecule has 0 saturated carbocycles. The smallest absolute Gasteiger partial charge is 0.335 e. The van der Waals surface area contributed by atoms with Gasteiger partial charge in [0.1, 0.15) is 18.8 Å². The fourth-order valence-corrected chi connectivity index (χ4v) is 9.09. The second-order valence-electron chi connectivity index (χ2n) is 21.6. The van der Waals surface area contributed by atoms with E-state index in [0.717, 1.165) is 167 Å². The van der Waals surface area contributed by atoms with E-state index in [9.17, 15) is 34.5 Å². The lowest BCUT2D eigenvalue weighted by Gasteiger charge is -2.40. The van der Waals surface area contributed by atoms with Gasteiger partial charge in [0.05, 0.1) is 6.61 Å². The van der Waals surface area contributed by atoms with E-state index in [0.29, 0.717) is 19.3 Å². The molecule has 0 aromatic carbocycles. The van der Waals surface area contributed by atoms with Crippen LogP contribution in [0.25, 0.3) is 0 Å². The molecule has 12 heteroatoms. The topological polar surface area (TPSA) is 175 Å². The maximum atomic E-state index is 13.2. The third-order valence-corrected chi connectivity index (χ3v) is 14.0. The Bertz CT molecular complexity index is 1900. The van der Waals surface area contributed by atoms with Crippen LogP contribution in [-0.4, -0.2) is 89.2 Å². The van der Waals surface area contributed by atoms with Crippen LogP contribution in [-0.2, 0) is 42.9 Å². The number of unbranched alkanes of at least 4 members (excludes halogenated alkanes) is 20. The first-order valence-electron chi connectivity index (χ1n) is 32.5. The molecule has 1 heterocycles. The van der Waals surface area contributed by atoms with Crippen molar-refractivity contribution in [1.82, 2.24) is 0 Å². The molecular formula is C71H114O12. The van der Waals surface area contributed by atoms with E-state index in [2.05, 4.69) is 142 Å². The minimum absolute atomic E-state index is 0.0346. The fourth-order valence-electron chi connectivity index (χ4n) is 9.09. The predicted molar refractivity (Wildman–Crippen MR) is 340 cm³/mol. The highest BCUT2D eigenvalue weighted by atomic mass is 16.7. The molecule has 0 aliphatic carbocycles. The highest BCUT2D eigenvalue weighted by molar-refractivity contribution is 5.74. The fraction of sp³-hybridized carbons (Fsp3) is 0.662. The number of aliphatic carboxylic acids is 1. The van der Waals surface area contributed by atoms with Crippen LogP contribution in [0.15, 0.2) is 122 Å². The molecule has 1 saturated heterocycles. The Kier molecular flexibility index (Phi) is 52.8. The van der Waals surface area contributed by atoms with Gasteiger partial charge in [-0.2, -0.15) is 0 Å². The second-order valence-corrected chi connectivity index (χ2v) is 21.6. The van der Waals surface area contributed by atoms with Crippen molar-refractivity contribution in [2.45, 2.75) is 289 Å². The summed E-state index contributed by atoms with van der Waals surface area (Å²) in [4.78, 5) is 51.4. The summed E-state index contributed by atoms with van der Waals surface area (Å²) < 4.78 is 28.5. The molecule has 0 amide bonds. The Balaban J connectivity index is 2.69. The normalized spacial score (nSPS) is 18.4. The zero-order valence-electron chi connectivity index (χ0n) is 51.9. The molecule has 1 aliphatic rings. The average molecular weight is 1160 g/mol. The second kappa shape index (κ2) is 57.5. The quantitative estimate of drug-likeness (QED) is 0.0228. The summed E-state index contributed by atoms with van der Waals surface area (Å²) in [6, 6.07) is 0. The van der Waals surface area contributed by atoms with Crippen molar-refractivity contribution >= 4 is 23.9 Å². The molecule has 1 fully saturated rings. The van der Waals surface area contributed by atoms with Crippen LogP contribution < -0.4 is 0 Å². The van der Waals surface area contributed by atoms with Crippen LogP contribution in [0, 0.1) is 0 Å². The monoisotopic (exact) mass is 1160 g/mol. The van der Waals surface area contributed by atoms with Crippen LogP contribution in [0.4, 0.5) is 0 Å². The average Bonchev–Trinajstić information content (AvgIpc) is 3.60. The first kappa shape index (κ1) is 76.1. The number of esters is 3. The Morgan fingerprint density at radius 2 is 0.759 bits per heavy atom. The number of hydrogen-bond acceptors (Lipinski definition) is 11. The Morgan fingerprint density at radius 3 is 1.16 bits per heavy atom. The summed E-state index contributed by atoms with van der Waals surface area (Å²) in [7, 11) is 0. The van der Waals surface area contributed by atoms with Crippen LogP contribution in [0.3, 0.4) is 0 Å². The van der Waals surface area contributed by atoms with Gasteiger partial charge >= 0.3 is 23.9 Å². The Morgan fingerprint density at radius 1 is 0.410 bits per heavy atom. The van der Waals surface area contributed by atoms with Gasteiger partial charge in [-0.15, -0.1) is 0 Å². The molecule has 0 bridgehead atoms. The molecule has 12 nitrogen and oxygen atoms in total. The number of ether oxygens (including phenoxy) is 5. The summed E-state index contributed by atoms with van der Waals surface area (Å²) in [6.45, 7) is 5.72. The predicted octanol–water partition coefficient (Wildman–Crippen LogP) is 17.6. The SMILES string of the molecule is CC/C=C\C/C=C\C/C=C\C/C=C\CCCCCCCCC(=O)OC1C(OCC(COC(=O)CCCCCCCC/C=C\C/C=C\C/C=C\CCCCC)OC(=O)CCCCCCC/C=C\C/C=C\C/C=C\CC)OC(C(=O)O)C(O)C1O. The number of aliphatic hydroxyl groups excluding tert-OH is 2. The van der Waals surface area contributed by atoms with Gasteiger partial charge in [0.25, 0.3) is 0 Å². The summed E-state index contributed by atoms with van der Waals surface area (Å²) in [6.07, 6.45) is 67.2. The lowest BCUT2D eigenvalue weighted by atomic mass is 9.98. The zero-order valence-corrected chi connectivity index (χ0v) is 51.9. The van der Waals surface area contributed by atoms with Gasteiger partial charge in [0.2, 0.25) is 0 Å². The molecule has 1 rings (SSSR count). The van der Waals surface area contributed by atoms with E-state index in [1.54, 1.807) is 0 Å². The third kappa shape index (κ3) is 47.1. The highest BCUT2D eigenvalue weighted by Gasteiger charge is 2.50. The molecule has 6 atom stereocenters. The molecule has 0 radical (unpaired) electrons. The number of carbonyl (C=O) groups is 4. The first-order valence-corrected chi connectivity index (χ1v) is 32.5. The van der Waals surface area contributed by atoms with Crippen molar-refractivity contribution in [3.05, 3.63) is 122 Å². The molecule has 3 N–H and O–H groups in total. The van der Waals surface area contributed by atoms with Gasteiger partial charge in [0.15, 0.2) is 24.6 Å². The van der Waals surface area contributed by atoms with Gasteiger partial charge in [0, 0.05) is 19.3 Å². The molecule has 1 aliphatic heterocycles. The Labute approximate surface area is 503 Å². The molecule has 6 unspecified atom stereocenters. The van der Waals surface area contributed by atoms with Crippen molar-refractivity contribution in [1.29, 1.82) is 0 Å². The van der Waals surface area contributed by atoms with Gasteiger partial charge in [-0.1, -0.05) is 226 Å². The minimum Gasteiger partial charge on any atom is -0.479 e. The summed E-state index contributed by atoms with van der Waals surface area (Å²) in [5.74, 6) is -3.19. The van der Waals surface area contributed by atoms with Gasteiger partial charge in [-0.05, 0) is 128 Å². The van der Waals surface area contributed by atoms with Crippen molar-refractivity contribution in [3.63, 3.8) is 0 Å². The third-order valence-electron chi connectivity index (χ3n) is 14.0. The maximum absolute atomic E-state index is 13.2. The summed E-state index contributed by atoms with van der Waals surface area (Å²) in [5, 5.41) is 31.6. The Hall–Kier alpha value is -4.88. The number of hydrogen-bond donors (Lipinski definition) is 3. The number of carboxylic acids is 1. The zero-order chi connectivity index (χ0) is 60.3. The van der Waals surface area contributed by atoms with Crippen LogP contribution in [0.2, 0.25) is 0 Å². The lowest BCUT2D eigenvalue weighted by Crippen LogP contribution is -2.61. The minimum atomic E-state index is -1.92. The molecule has 0 spiro atoms. The molecular weight excluding hydrogens is 1040 g/mol. The molecule has 0 aromatic heterocycles. The summed E-state index contributed by atoms with van der Waals surface area (Å²) >= 11 is 0. The van der Waals surface area contributed by atoms with E-state index in [1.165, 1.54) is 25.7 Å². The molecule has 83 heavy (non-hydrogen) atoms. The van der Waals surface area contributed by atoms with Crippen molar-refractivity contribution in [2.75, 3.05) is 13.2 Å². The van der Waals surface area contributed by atoms with Crippen molar-refractivity contribution < 1.29 is 58.2 Å². The van der Waals surface area contributed by atoms with Gasteiger partial charge < -0.3 is 39.0 Å². The van der Waals surface area contributed by atoms with Crippen LogP contribution in [0.5, 0.6) is 0 Å².